The molecule has 0 spiro atoms. The van der Waals surface area contributed by atoms with Crippen molar-refractivity contribution >= 4 is 12.0 Å². The largest absolute Gasteiger partial charge is 0.493 e. The number of benzene rings is 2. The van der Waals surface area contributed by atoms with Crippen LogP contribution >= 0.6 is 0 Å². The van der Waals surface area contributed by atoms with Crippen LogP contribution in [0, 0.1) is 0 Å². The third kappa shape index (κ3) is 5.03. The lowest BCUT2D eigenvalue weighted by molar-refractivity contribution is -0.140. The Hall–Kier alpha value is -3.52. The van der Waals surface area contributed by atoms with Gasteiger partial charge in [-0.3, -0.25) is 4.90 Å². The SMILES string of the molecule is COCCOC(=O)C1=C(C)N(Cc2ccccc2)C(=O)NC1c1ccc(OC)c(OC)c1. The summed E-state index contributed by atoms with van der Waals surface area (Å²) in [5, 5.41) is 2.94. The highest BCUT2D eigenvalue weighted by Crippen LogP contribution is 2.36. The van der Waals surface area contributed by atoms with Crippen LogP contribution in [0.2, 0.25) is 0 Å². The zero-order chi connectivity index (χ0) is 23.1. The molecule has 170 valence electrons. The van der Waals surface area contributed by atoms with Crippen LogP contribution in [0.4, 0.5) is 4.79 Å². The predicted octanol–water partition coefficient (Wildman–Crippen LogP) is 3.43. The first-order chi connectivity index (χ1) is 15.5. The molecule has 8 heteroatoms. The first-order valence-corrected chi connectivity index (χ1v) is 10.2. The number of carbonyl (C=O) groups excluding carboxylic acids is 2. The van der Waals surface area contributed by atoms with Crippen molar-refractivity contribution in [3.63, 3.8) is 0 Å². The lowest BCUT2D eigenvalue weighted by atomic mass is 9.94. The molecular formula is C24H28N2O6. The maximum Gasteiger partial charge on any atom is 0.338 e. The molecule has 0 aliphatic carbocycles. The summed E-state index contributed by atoms with van der Waals surface area (Å²) in [4.78, 5) is 27.7. The van der Waals surface area contributed by atoms with Crippen molar-refractivity contribution in [3.8, 4) is 11.5 Å². The minimum absolute atomic E-state index is 0.109. The monoisotopic (exact) mass is 440 g/mol. The number of esters is 1. The molecule has 1 heterocycles. The van der Waals surface area contributed by atoms with E-state index in [1.54, 1.807) is 37.1 Å². The number of nitrogens with zero attached hydrogens (tertiary/aromatic N) is 1. The first kappa shape index (κ1) is 23.1. The maximum atomic E-state index is 13.1. The summed E-state index contributed by atoms with van der Waals surface area (Å²) in [5.74, 6) is 0.530. The van der Waals surface area contributed by atoms with Gasteiger partial charge in [0.05, 0.1) is 39.0 Å². The number of nitrogens with one attached hydrogen (secondary N) is 1. The van der Waals surface area contributed by atoms with Gasteiger partial charge in [-0.2, -0.15) is 0 Å². The molecule has 1 aliphatic rings. The van der Waals surface area contributed by atoms with Crippen LogP contribution in [0.5, 0.6) is 11.5 Å². The minimum Gasteiger partial charge on any atom is -0.493 e. The summed E-state index contributed by atoms with van der Waals surface area (Å²) in [7, 11) is 4.61. The van der Waals surface area contributed by atoms with Crippen molar-refractivity contribution < 1.29 is 28.5 Å². The summed E-state index contributed by atoms with van der Waals surface area (Å²) < 4.78 is 21.1. The molecule has 8 nitrogen and oxygen atoms in total. The number of methoxy groups -OCH3 is 3. The van der Waals surface area contributed by atoms with Crippen LogP contribution in [0.1, 0.15) is 24.1 Å². The normalized spacial score (nSPS) is 15.9. The fourth-order valence-corrected chi connectivity index (χ4v) is 3.58. The van der Waals surface area contributed by atoms with Crippen molar-refractivity contribution in [2.45, 2.75) is 19.5 Å². The van der Waals surface area contributed by atoms with E-state index in [0.29, 0.717) is 34.9 Å². The number of hydrogen-bond donors (Lipinski definition) is 1. The molecule has 1 unspecified atom stereocenters. The van der Waals surface area contributed by atoms with E-state index in [1.165, 1.54) is 14.2 Å². The quantitative estimate of drug-likeness (QED) is 0.475. The van der Waals surface area contributed by atoms with Crippen molar-refractivity contribution in [3.05, 3.63) is 70.9 Å². The Labute approximate surface area is 187 Å². The van der Waals surface area contributed by atoms with Crippen LogP contribution in [-0.4, -0.2) is 51.4 Å². The molecule has 1 atom stereocenters. The Morgan fingerprint density at radius 3 is 2.38 bits per heavy atom. The number of ether oxygens (including phenoxy) is 4. The van der Waals surface area contributed by atoms with Gasteiger partial charge >= 0.3 is 12.0 Å². The standard InChI is InChI=1S/C24H28N2O6/c1-16-21(23(27)32-13-12-29-2)22(18-10-11-19(30-3)20(14-18)31-4)25-24(28)26(16)15-17-8-6-5-7-9-17/h5-11,14,22H,12-13,15H2,1-4H3,(H,25,28). The van der Waals surface area contributed by atoms with Gasteiger partial charge in [-0.25, -0.2) is 9.59 Å². The number of urea groups is 1. The fourth-order valence-electron chi connectivity index (χ4n) is 3.58. The molecule has 32 heavy (non-hydrogen) atoms. The highest BCUT2D eigenvalue weighted by molar-refractivity contribution is 5.95. The Morgan fingerprint density at radius 2 is 1.72 bits per heavy atom. The van der Waals surface area contributed by atoms with Crippen LogP contribution in [0.25, 0.3) is 0 Å². The van der Waals surface area contributed by atoms with Crippen LogP contribution in [0.15, 0.2) is 59.8 Å². The summed E-state index contributed by atoms with van der Waals surface area (Å²) in [6.07, 6.45) is 0. The van der Waals surface area contributed by atoms with Crippen LogP contribution in [0.3, 0.4) is 0 Å². The zero-order valence-corrected chi connectivity index (χ0v) is 18.7. The van der Waals surface area contributed by atoms with E-state index >= 15 is 0 Å². The van der Waals surface area contributed by atoms with Crippen molar-refractivity contribution in [1.82, 2.24) is 10.2 Å². The number of carbonyl (C=O) groups is 2. The molecule has 0 fully saturated rings. The second kappa shape index (κ2) is 10.7. The minimum atomic E-state index is -0.704. The summed E-state index contributed by atoms with van der Waals surface area (Å²) >= 11 is 0. The van der Waals surface area contributed by atoms with Gasteiger partial charge < -0.3 is 24.3 Å². The topological polar surface area (TPSA) is 86.3 Å². The zero-order valence-electron chi connectivity index (χ0n) is 18.7. The summed E-state index contributed by atoms with van der Waals surface area (Å²) in [5.41, 5.74) is 2.50. The second-order valence-electron chi connectivity index (χ2n) is 7.20. The van der Waals surface area contributed by atoms with Gasteiger partial charge in [0.25, 0.3) is 0 Å². The van der Waals surface area contributed by atoms with E-state index < -0.39 is 12.0 Å². The Balaban J connectivity index is 2.02. The van der Waals surface area contributed by atoms with Gasteiger partial charge in [0.2, 0.25) is 0 Å². The second-order valence-corrected chi connectivity index (χ2v) is 7.20. The molecule has 2 aromatic carbocycles. The number of rotatable bonds is 9. The highest BCUT2D eigenvalue weighted by atomic mass is 16.6. The fraction of sp³-hybridized carbons (Fsp3) is 0.333. The maximum absolute atomic E-state index is 13.1. The predicted molar refractivity (Wildman–Crippen MR) is 118 cm³/mol. The number of amides is 2. The molecule has 1 aliphatic heterocycles. The third-order valence-corrected chi connectivity index (χ3v) is 5.26. The van der Waals surface area contributed by atoms with E-state index in [0.717, 1.165) is 5.56 Å². The van der Waals surface area contributed by atoms with Crippen molar-refractivity contribution in [2.24, 2.45) is 0 Å². The van der Waals surface area contributed by atoms with Gasteiger partial charge in [0, 0.05) is 12.8 Å². The van der Waals surface area contributed by atoms with Gasteiger partial charge in [-0.15, -0.1) is 0 Å². The van der Waals surface area contributed by atoms with Gasteiger partial charge in [-0.05, 0) is 30.2 Å². The van der Waals surface area contributed by atoms with E-state index in [2.05, 4.69) is 5.32 Å². The van der Waals surface area contributed by atoms with E-state index in [1.807, 2.05) is 30.3 Å². The van der Waals surface area contributed by atoms with Gasteiger partial charge in [0.15, 0.2) is 11.5 Å². The lowest BCUT2D eigenvalue weighted by Gasteiger charge is -2.35. The molecule has 3 rings (SSSR count). The Morgan fingerprint density at radius 1 is 1.00 bits per heavy atom. The Kier molecular flexibility index (Phi) is 7.72. The van der Waals surface area contributed by atoms with E-state index in [4.69, 9.17) is 18.9 Å². The molecule has 2 amide bonds. The van der Waals surface area contributed by atoms with E-state index in [9.17, 15) is 9.59 Å². The van der Waals surface area contributed by atoms with Crippen LogP contribution in [-0.2, 0) is 20.8 Å². The number of allylic oxidation sites excluding steroid dienone is 1. The van der Waals surface area contributed by atoms with Crippen LogP contribution < -0.4 is 14.8 Å². The molecule has 1 N–H and O–H groups in total. The summed E-state index contributed by atoms with van der Waals surface area (Å²) in [6, 6.07) is 13.8. The molecule has 0 saturated carbocycles. The summed E-state index contributed by atoms with van der Waals surface area (Å²) in [6.45, 7) is 2.46. The van der Waals surface area contributed by atoms with E-state index in [-0.39, 0.29) is 19.2 Å². The van der Waals surface area contributed by atoms with Crippen molar-refractivity contribution in [2.75, 3.05) is 34.5 Å². The molecular weight excluding hydrogens is 412 g/mol. The molecule has 0 bridgehead atoms. The van der Waals surface area contributed by atoms with Gasteiger partial charge in [0.1, 0.15) is 6.61 Å². The Bertz CT molecular complexity index is 989. The molecule has 0 radical (unpaired) electrons. The molecule has 0 saturated heterocycles. The average molecular weight is 440 g/mol. The smallest absolute Gasteiger partial charge is 0.338 e. The van der Waals surface area contributed by atoms with Crippen molar-refractivity contribution in [1.29, 1.82) is 0 Å². The van der Waals surface area contributed by atoms with Gasteiger partial charge in [-0.1, -0.05) is 36.4 Å². The average Bonchev–Trinajstić information content (AvgIpc) is 2.81. The third-order valence-electron chi connectivity index (χ3n) is 5.26. The molecule has 0 aromatic heterocycles. The lowest BCUT2D eigenvalue weighted by Crippen LogP contribution is -2.47. The number of hydrogen-bond acceptors (Lipinski definition) is 6. The highest BCUT2D eigenvalue weighted by Gasteiger charge is 2.37. The molecule has 2 aromatic rings. The first-order valence-electron chi connectivity index (χ1n) is 10.2.